The number of nitrogens with zero attached hydrogens (tertiary/aromatic N) is 4. The summed E-state index contributed by atoms with van der Waals surface area (Å²) in [5, 5.41) is 17.8. The molecule has 23 heavy (non-hydrogen) atoms. The molecule has 1 atom stereocenters. The van der Waals surface area contributed by atoms with Crippen molar-refractivity contribution in [3.8, 4) is 0 Å². The third-order valence-electron chi connectivity index (χ3n) is 5.03. The summed E-state index contributed by atoms with van der Waals surface area (Å²) in [7, 11) is 0. The number of aryl methyl sites for hydroxylation is 1. The number of hydrogen-bond acceptors (Lipinski definition) is 5. The number of thiophene rings is 1. The van der Waals surface area contributed by atoms with Crippen LogP contribution in [0.2, 0.25) is 0 Å². The molecule has 0 unspecified atom stereocenters. The van der Waals surface area contributed by atoms with Crippen molar-refractivity contribution in [1.82, 2.24) is 14.7 Å². The Hall–Kier alpha value is -1.73. The molecule has 0 saturated heterocycles. The fraction of sp³-hybridized carbons (Fsp3) is 0.562. The van der Waals surface area contributed by atoms with Gasteiger partial charge in [0.1, 0.15) is 11.4 Å². The second-order valence-corrected chi connectivity index (χ2v) is 7.56. The van der Waals surface area contributed by atoms with Gasteiger partial charge >= 0.3 is 5.69 Å². The van der Waals surface area contributed by atoms with Gasteiger partial charge in [-0.3, -0.25) is 15.0 Å². The smallest absolute Gasteiger partial charge is 0.277 e. The van der Waals surface area contributed by atoms with Crippen molar-refractivity contribution in [2.24, 2.45) is 5.92 Å². The predicted octanol–water partition coefficient (Wildman–Crippen LogP) is 3.44. The van der Waals surface area contributed by atoms with Crippen LogP contribution in [0.15, 0.2) is 11.4 Å². The molecule has 0 amide bonds. The Morgan fingerprint density at radius 1 is 1.43 bits per heavy atom. The highest BCUT2D eigenvalue weighted by atomic mass is 32.1. The van der Waals surface area contributed by atoms with Gasteiger partial charge in [-0.1, -0.05) is 0 Å². The lowest BCUT2D eigenvalue weighted by atomic mass is 9.96. The van der Waals surface area contributed by atoms with Gasteiger partial charge in [0.25, 0.3) is 0 Å². The van der Waals surface area contributed by atoms with Crippen LogP contribution in [0, 0.1) is 29.9 Å². The van der Waals surface area contributed by atoms with Crippen molar-refractivity contribution in [3.05, 3.63) is 43.4 Å². The van der Waals surface area contributed by atoms with Crippen LogP contribution in [-0.4, -0.2) is 26.1 Å². The molecule has 4 rings (SSSR count). The van der Waals surface area contributed by atoms with Crippen molar-refractivity contribution in [2.45, 2.75) is 45.8 Å². The Labute approximate surface area is 138 Å². The van der Waals surface area contributed by atoms with Crippen LogP contribution >= 0.6 is 11.3 Å². The van der Waals surface area contributed by atoms with E-state index in [0.717, 1.165) is 18.9 Å². The average molecular weight is 332 g/mol. The van der Waals surface area contributed by atoms with Crippen LogP contribution in [0.3, 0.4) is 0 Å². The molecule has 1 aliphatic heterocycles. The highest BCUT2D eigenvalue weighted by Crippen LogP contribution is 2.48. The minimum atomic E-state index is -0.320. The van der Waals surface area contributed by atoms with E-state index in [1.165, 1.54) is 23.3 Å². The summed E-state index contributed by atoms with van der Waals surface area (Å²) in [6.45, 7) is 5.15. The Morgan fingerprint density at radius 2 is 2.22 bits per heavy atom. The fourth-order valence-electron chi connectivity index (χ4n) is 3.78. The third-order valence-corrected chi connectivity index (χ3v) is 6.02. The molecule has 1 fully saturated rings. The predicted molar refractivity (Wildman–Crippen MR) is 88.5 cm³/mol. The standard InChI is InChI=1S/C16H20N4O2S/c1-10-15(20(21)22)11(2)19(17-10)9-18-7-5-14-13(6-8-23-14)16(18)12-3-4-12/h6,8,12,16H,3-5,7,9H2,1-2H3/t16-/m0/s1. The van der Waals surface area contributed by atoms with Gasteiger partial charge < -0.3 is 0 Å². The third kappa shape index (κ3) is 2.48. The Bertz CT molecular complexity index is 762. The number of hydrogen-bond donors (Lipinski definition) is 0. The molecule has 0 aromatic carbocycles. The topological polar surface area (TPSA) is 64.2 Å². The number of nitro groups is 1. The maximum atomic E-state index is 11.2. The SMILES string of the molecule is Cc1nn(CN2CCc3sccc3[C@@H]2C2CC2)c(C)c1[N+](=O)[O-]. The van der Waals surface area contributed by atoms with E-state index in [1.54, 1.807) is 18.5 Å². The molecule has 2 aromatic rings. The van der Waals surface area contributed by atoms with Gasteiger partial charge in [-0.15, -0.1) is 11.3 Å². The minimum absolute atomic E-state index is 0.154. The molecule has 3 heterocycles. The van der Waals surface area contributed by atoms with E-state index >= 15 is 0 Å². The van der Waals surface area contributed by atoms with Crippen LogP contribution in [0.5, 0.6) is 0 Å². The normalized spacial score (nSPS) is 21.4. The van der Waals surface area contributed by atoms with Gasteiger partial charge in [0.15, 0.2) is 0 Å². The van der Waals surface area contributed by atoms with Gasteiger partial charge in [0, 0.05) is 17.5 Å². The second-order valence-electron chi connectivity index (χ2n) is 6.56. The van der Waals surface area contributed by atoms with Crippen molar-refractivity contribution in [2.75, 3.05) is 6.54 Å². The van der Waals surface area contributed by atoms with Crippen molar-refractivity contribution in [3.63, 3.8) is 0 Å². The zero-order valence-electron chi connectivity index (χ0n) is 13.4. The van der Waals surface area contributed by atoms with Gasteiger partial charge in [0.2, 0.25) is 0 Å². The lowest BCUT2D eigenvalue weighted by Gasteiger charge is -2.36. The van der Waals surface area contributed by atoms with Gasteiger partial charge in [-0.2, -0.15) is 5.10 Å². The summed E-state index contributed by atoms with van der Waals surface area (Å²) in [5.74, 6) is 0.732. The highest BCUT2D eigenvalue weighted by Gasteiger charge is 2.40. The maximum absolute atomic E-state index is 11.2. The van der Waals surface area contributed by atoms with Crippen LogP contribution < -0.4 is 0 Å². The fourth-order valence-corrected chi connectivity index (χ4v) is 4.70. The van der Waals surface area contributed by atoms with Crippen molar-refractivity contribution < 1.29 is 4.92 Å². The molecule has 0 bridgehead atoms. The number of rotatable bonds is 4. The number of fused-ring (bicyclic) bond motifs is 1. The van der Waals surface area contributed by atoms with Crippen molar-refractivity contribution in [1.29, 1.82) is 0 Å². The second kappa shape index (κ2) is 5.42. The van der Waals surface area contributed by atoms with Gasteiger partial charge in [-0.25, -0.2) is 4.68 Å². The molecule has 2 aromatic heterocycles. The summed E-state index contributed by atoms with van der Waals surface area (Å²) in [6, 6.07) is 2.71. The first-order chi connectivity index (χ1) is 11.1. The largest absolute Gasteiger partial charge is 0.312 e. The van der Waals surface area contributed by atoms with E-state index in [9.17, 15) is 10.1 Å². The molecule has 7 heteroatoms. The van der Waals surface area contributed by atoms with E-state index in [0.29, 0.717) is 24.1 Å². The first kappa shape index (κ1) is 14.8. The monoisotopic (exact) mass is 332 g/mol. The zero-order valence-corrected chi connectivity index (χ0v) is 14.2. The highest BCUT2D eigenvalue weighted by molar-refractivity contribution is 7.10. The van der Waals surface area contributed by atoms with Crippen molar-refractivity contribution >= 4 is 17.0 Å². The van der Waals surface area contributed by atoms with Crippen LogP contribution in [0.25, 0.3) is 0 Å². The van der Waals surface area contributed by atoms with Crippen LogP contribution in [0.4, 0.5) is 5.69 Å². The first-order valence-corrected chi connectivity index (χ1v) is 8.93. The molecule has 0 radical (unpaired) electrons. The van der Waals surface area contributed by atoms with Gasteiger partial charge in [0.05, 0.1) is 11.6 Å². The van der Waals surface area contributed by atoms with Gasteiger partial charge in [-0.05, 0) is 56.0 Å². The van der Waals surface area contributed by atoms with E-state index < -0.39 is 0 Å². The Morgan fingerprint density at radius 3 is 2.87 bits per heavy atom. The summed E-state index contributed by atoms with van der Waals surface area (Å²) in [5.41, 5.74) is 2.78. The molecular weight excluding hydrogens is 312 g/mol. The average Bonchev–Trinajstić information content (AvgIpc) is 3.14. The van der Waals surface area contributed by atoms with Crippen LogP contribution in [0.1, 0.15) is 40.7 Å². The van der Waals surface area contributed by atoms with E-state index in [2.05, 4.69) is 21.4 Å². The molecule has 1 aliphatic carbocycles. The molecule has 6 nitrogen and oxygen atoms in total. The summed E-state index contributed by atoms with van der Waals surface area (Å²) >= 11 is 1.86. The molecule has 1 saturated carbocycles. The number of aromatic nitrogens is 2. The Balaban J connectivity index is 1.64. The summed E-state index contributed by atoms with van der Waals surface area (Å²) < 4.78 is 1.81. The summed E-state index contributed by atoms with van der Waals surface area (Å²) in [6.07, 6.45) is 3.64. The van der Waals surface area contributed by atoms with E-state index in [4.69, 9.17) is 0 Å². The van der Waals surface area contributed by atoms with E-state index in [-0.39, 0.29) is 10.6 Å². The first-order valence-electron chi connectivity index (χ1n) is 8.05. The zero-order chi connectivity index (χ0) is 16.1. The molecule has 122 valence electrons. The molecule has 2 aliphatic rings. The maximum Gasteiger partial charge on any atom is 0.312 e. The molecular formula is C16H20N4O2S. The molecule has 0 N–H and O–H groups in total. The lowest BCUT2D eigenvalue weighted by Crippen LogP contribution is -2.37. The van der Waals surface area contributed by atoms with Crippen LogP contribution in [-0.2, 0) is 13.1 Å². The summed E-state index contributed by atoms with van der Waals surface area (Å²) in [4.78, 5) is 14.8. The minimum Gasteiger partial charge on any atom is -0.277 e. The molecule has 0 spiro atoms. The van der Waals surface area contributed by atoms with E-state index in [1.807, 2.05) is 11.3 Å². The lowest BCUT2D eigenvalue weighted by molar-refractivity contribution is -0.386. The quantitative estimate of drug-likeness (QED) is 0.635. The Kier molecular flexibility index (Phi) is 3.50.